The number of aromatic hydroxyl groups is 1. The number of phenols is 1. The summed E-state index contributed by atoms with van der Waals surface area (Å²) in [6, 6.07) is 15.1. The van der Waals surface area contributed by atoms with Crippen molar-refractivity contribution in [2.75, 3.05) is 26.2 Å². The van der Waals surface area contributed by atoms with Crippen molar-refractivity contribution in [1.82, 2.24) is 42.1 Å². The van der Waals surface area contributed by atoms with Gasteiger partial charge in [0.1, 0.15) is 48.0 Å². The number of hydrogen-bond acceptors (Lipinski definition) is 13. The van der Waals surface area contributed by atoms with Crippen LogP contribution in [0.1, 0.15) is 88.3 Å². The molecule has 0 bridgehead atoms. The number of carbonyl (C=O) groups excluding carboxylic acids is 10. The van der Waals surface area contributed by atoms with Crippen molar-refractivity contribution < 1.29 is 53.1 Å². The fourth-order valence-corrected chi connectivity index (χ4v) is 9.05. The van der Waals surface area contributed by atoms with E-state index in [9.17, 15) is 53.1 Å². The summed E-state index contributed by atoms with van der Waals surface area (Å²) < 4.78 is 0. The number of rotatable bonds is 34. The molecule has 1 heterocycles. The van der Waals surface area contributed by atoms with Crippen molar-refractivity contribution in [1.29, 1.82) is 0 Å². The second-order valence-electron chi connectivity index (χ2n) is 20.4. The maximum atomic E-state index is 14.3. The molecule has 1 saturated heterocycles. The van der Waals surface area contributed by atoms with Crippen molar-refractivity contribution in [3.8, 4) is 5.75 Å². The van der Waals surface area contributed by atoms with Gasteiger partial charge in [0, 0.05) is 45.4 Å². The molecule has 3 aromatic carbocycles. The number of nitrogens with one attached hydrogen (secondary N) is 7. The van der Waals surface area contributed by atoms with Crippen molar-refractivity contribution in [3.63, 3.8) is 0 Å². The van der Waals surface area contributed by atoms with Crippen molar-refractivity contribution in [2.24, 2.45) is 50.3 Å². The highest BCUT2D eigenvalue weighted by atomic mass is 16.3. The minimum atomic E-state index is -1.52. The predicted octanol–water partition coefficient (Wildman–Crippen LogP) is -2.66. The number of likely N-dealkylation sites (tertiary alicyclic amines) is 1. The Morgan fingerprint density at radius 2 is 1.10 bits per heavy atom. The highest BCUT2D eigenvalue weighted by Crippen LogP contribution is 2.20. The lowest BCUT2D eigenvalue weighted by Gasteiger charge is -2.28. The van der Waals surface area contributed by atoms with Crippen LogP contribution >= 0.6 is 0 Å². The number of amides is 10. The van der Waals surface area contributed by atoms with Crippen LogP contribution in [0.5, 0.6) is 5.75 Å². The standard InChI is InChI=1S/C56H80N16O11/c1-33(2)47(71-52(81)41(29-34-13-5-3-6-14-34)69-51(80)40(30-36-21-23-37(73)24-22-36)66-45(75)31-35-15-7-4-8-16-35)54(83)70-42(32-44(57)74)49(78)63-25-11-20-46(76)72-28-12-19-43(72)53(82)68-39(18-10-27-65-56(61)62)50(79)67-38(48(58)77)17-9-26-64-55(59)60/h3-8,13-16,21-24,33,38-43,47,73H,9-12,17-20,25-32H2,1-2H3,(H2,57,74)(H2,58,77)(H,63,78)(H,66,75)(H,67,79)(H,68,82)(H,69,80)(H,70,83)(H,71,81)(H4,59,60,64)(H4,61,62,65)/t38-,39-,40+,41-,42-,43+,47-/m0/s1. The molecule has 1 fully saturated rings. The number of aliphatic imine (C=N–C) groups is 2. The molecule has 27 nitrogen and oxygen atoms in total. The van der Waals surface area contributed by atoms with E-state index in [2.05, 4.69) is 47.2 Å². The molecule has 4 rings (SSSR count). The molecular formula is C56H80N16O11. The minimum Gasteiger partial charge on any atom is -0.508 e. The van der Waals surface area contributed by atoms with Gasteiger partial charge in [-0.25, -0.2) is 0 Å². The van der Waals surface area contributed by atoms with Crippen LogP contribution in [0.15, 0.2) is 94.9 Å². The molecule has 10 amide bonds. The van der Waals surface area contributed by atoms with Gasteiger partial charge in [0.05, 0.1) is 12.8 Å². The van der Waals surface area contributed by atoms with Crippen LogP contribution < -0.4 is 71.6 Å². The number of benzene rings is 3. The first-order chi connectivity index (χ1) is 39.5. The fraction of sp³-hybridized carbons (Fsp3) is 0.464. The SMILES string of the molecule is CC(C)[C@H](NC(=O)[C@H](Cc1ccccc1)NC(=O)[C@@H](Cc1ccc(O)cc1)NC(=O)Cc1ccccc1)C(=O)N[C@@H](CC(N)=O)C(=O)NCCCC(=O)N1CCC[C@@H]1C(=O)N[C@@H](CCCN=C(N)N)C(=O)N[C@@H](CCCN=C(N)N)C(N)=O. The molecule has 3 aromatic rings. The first-order valence-electron chi connectivity index (χ1n) is 27.4. The Labute approximate surface area is 481 Å². The molecule has 0 radical (unpaired) electrons. The summed E-state index contributed by atoms with van der Waals surface area (Å²) in [6.07, 6.45) is 0.647. The number of carbonyl (C=O) groups is 10. The van der Waals surface area contributed by atoms with Crippen LogP contribution in [-0.2, 0) is 67.2 Å². The molecule has 0 aliphatic carbocycles. The van der Waals surface area contributed by atoms with E-state index in [1.54, 1.807) is 86.6 Å². The summed E-state index contributed by atoms with van der Waals surface area (Å²) in [7, 11) is 0. The molecule has 27 heteroatoms. The Bertz CT molecular complexity index is 2740. The van der Waals surface area contributed by atoms with Crippen LogP contribution in [0.4, 0.5) is 0 Å². The zero-order chi connectivity index (χ0) is 61.0. The Morgan fingerprint density at radius 3 is 1.66 bits per heavy atom. The largest absolute Gasteiger partial charge is 0.508 e. The van der Waals surface area contributed by atoms with Crippen LogP contribution in [0, 0.1) is 5.92 Å². The number of hydrogen-bond donors (Lipinski definition) is 14. The smallest absolute Gasteiger partial charge is 0.243 e. The Balaban J connectivity index is 1.40. The van der Waals surface area contributed by atoms with E-state index in [0.29, 0.717) is 29.5 Å². The van der Waals surface area contributed by atoms with E-state index < -0.39 is 114 Å². The van der Waals surface area contributed by atoms with Gasteiger partial charge < -0.3 is 81.6 Å². The number of primary amides is 2. The molecule has 7 atom stereocenters. The summed E-state index contributed by atoms with van der Waals surface area (Å²) in [5.74, 6) is -8.08. The Morgan fingerprint density at radius 1 is 0.578 bits per heavy atom. The Kier molecular flexibility index (Phi) is 27.2. The average Bonchev–Trinajstić information content (AvgIpc) is 4.00. The monoisotopic (exact) mass is 1150 g/mol. The highest BCUT2D eigenvalue weighted by molar-refractivity contribution is 5.97. The normalized spacial score (nSPS) is 14.9. The van der Waals surface area contributed by atoms with Gasteiger partial charge in [-0.05, 0) is 79.7 Å². The Hall–Kier alpha value is -9.30. The zero-order valence-corrected chi connectivity index (χ0v) is 46.9. The first kappa shape index (κ1) is 66.2. The molecule has 0 spiro atoms. The van der Waals surface area contributed by atoms with Gasteiger partial charge in [0.25, 0.3) is 0 Å². The fourth-order valence-electron chi connectivity index (χ4n) is 9.05. The molecule has 20 N–H and O–H groups in total. The molecule has 1 aliphatic heterocycles. The lowest BCUT2D eigenvalue weighted by atomic mass is 9.99. The van der Waals surface area contributed by atoms with E-state index in [1.807, 2.05) is 0 Å². The zero-order valence-electron chi connectivity index (χ0n) is 46.9. The summed E-state index contributed by atoms with van der Waals surface area (Å²) >= 11 is 0. The van der Waals surface area contributed by atoms with Crippen molar-refractivity contribution in [3.05, 3.63) is 102 Å². The average molecular weight is 1150 g/mol. The third kappa shape index (κ3) is 23.7. The van der Waals surface area contributed by atoms with Gasteiger partial charge in [0.2, 0.25) is 59.1 Å². The summed E-state index contributed by atoms with van der Waals surface area (Å²) in [5.41, 5.74) is 34.7. The predicted molar refractivity (Wildman–Crippen MR) is 308 cm³/mol. The summed E-state index contributed by atoms with van der Waals surface area (Å²) in [5, 5.41) is 28.6. The molecule has 0 aromatic heterocycles. The molecule has 0 saturated carbocycles. The number of nitrogens with two attached hydrogens (primary N) is 6. The van der Waals surface area contributed by atoms with Crippen LogP contribution in [-0.4, -0.2) is 149 Å². The number of nitrogens with zero attached hydrogens (tertiary/aromatic N) is 3. The van der Waals surface area contributed by atoms with E-state index in [0.717, 1.165) is 0 Å². The lowest BCUT2D eigenvalue weighted by Crippen LogP contribution is -2.60. The van der Waals surface area contributed by atoms with Crippen LogP contribution in [0.2, 0.25) is 0 Å². The first-order valence-corrected chi connectivity index (χ1v) is 27.4. The van der Waals surface area contributed by atoms with Gasteiger partial charge >= 0.3 is 0 Å². The third-order valence-electron chi connectivity index (χ3n) is 13.4. The number of phenolic OH excluding ortho intramolecular Hbond substituents is 1. The molecule has 1 aliphatic rings. The van der Waals surface area contributed by atoms with E-state index in [4.69, 9.17) is 34.4 Å². The van der Waals surface area contributed by atoms with Crippen molar-refractivity contribution in [2.45, 2.75) is 133 Å². The molecule has 0 unspecified atom stereocenters. The van der Waals surface area contributed by atoms with E-state index in [1.165, 1.54) is 17.0 Å². The topological polar surface area (TPSA) is 459 Å². The number of guanidine groups is 2. The maximum Gasteiger partial charge on any atom is 0.243 e. The molecule has 83 heavy (non-hydrogen) atoms. The van der Waals surface area contributed by atoms with E-state index >= 15 is 0 Å². The van der Waals surface area contributed by atoms with Gasteiger partial charge in [-0.2, -0.15) is 0 Å². The van der Waals surface area contributed by atoms with Gasteiger partial charge in [-0.3, -0.25) is 57.9 Å². The second kappa shape index (κ2) is 34.1. The van der Waals surface area contributed by atoms with Crippen LogP contribution in [0.25, 0.3) is 0 Å². The lowest BCUT2D eigenvalue weighted by molar-refractivity contribution is -0.139. The van der Waals surface area contributed by atoms with Gasteiger partial charge in [0.15, 0.2) is 11.9 Å². The molecular weight excluding hydrogens is 1070 g/mol. The second-order valence-corrected chi connectivity index (χ2v) is 20.4. The summed E-state index contributed by atoms with van der Waals surface area (Å²) in [4.78, 5) is 144. The maximum absolute atomic E-state index is 14.3. The van der Waals surface area contributed by atoms with Gasteiger partial charge in [-0.15, -0.1) is 0 Å². The third-order valence-corrected chi connectivity index (χ3v) is 13.4. The summed E-state index contributed by atoms with van der Waals surface area (Å²) in [6.45, 7) is 3.68. The van der Waals surface area contributed by atoms with E-state index in [-0.39, 0.29) is 102 Å². The molecule has 450 valence electrons. The minimum absolute atomic E-state index is 0.00317. The quantitative estimate of drug-likeness (QED) is 0.0165. The van der Waals surface area contributed by atoms with Gasteiger partial charge in [-0.1, -0.05) is 86.6 Å². The van der Waals surface area contributed by atoms with Crippen LogP contribution in [0.3, 0.4) is 0 Å². The highest BCUT2D eigenvalue weighted by Gasteiger charge is 2.37. The van der Waals surface area contributed by atoms with Crippen molar-refractivity contribution >= 4 is 71.0 Å².